The van der Waals surface area contributed by atoms with Crippen molar-refractivity contribution in [3.63, 3.8) is 0 Å². The minimum Gasteiger partial charge on any atom is -0.439 e. The van der Waals surface area contributed by atoms with Crippen LogP contribution in [0.5, 0.6) is 11.6 Å². The Morgan fingerprint density at radius 2 is 1.94 bits per heavy atom. The van der Waals surface area contributed by atoms with E-state index in [1.807, 2.05) is 44.2 Å². The molecular weight excluding hydrogens is 266 g/mol. The summed E-state index contributed by atoms with van der Waals surface area (Å²) in [7, 11) is 0. The maximum absolute atomic E-state index is 5.66. The van der Waals surface area contributed by atoms with E-state index >= 15 is 0 Å². The first-order valence-corrected chi connectivity index (χ1v) is 5.81. The van der Waals surface area contributed by atoms with Crippen LogP contribution in [-0.4, -0.2) is 4.98 Å². The standard InChI is InChI=1S/C13H12BrNO/c1-9-5-6-15-13(7-9)16-11-3-4-12(14)10(2)8-11/h3-8H,1-2H3. The van der Waals surface area contributed by atoms with Crippen LogP contribution in [0.4, 0.5) is 0 Å². The highest BCUT2D eigenvalue weighted by molar-refractivity contribution is 9.10. The Kier molecular flexibility index (Phi) is 3.25. The maximum Gasteiger partial charge on any atom is 0.219 e. The fourth-order valence-corrected chi connectivity index (χ4v) is 1.61. The third-order valence-corrected chi connectivity index (χ3v) is 3.13. The number of aromatic nitrogens is 1. The molecule has 0 radical (unpaired) electrons. The highest BCUT2D eigenvalue weighted by atomic mass is 79.9. The Labute approximate surface area is 103 Å². The lowest BCUT2D eigenvalue weighted by Gasteiger charge is -2.06. The molecule has 0 N–H and O–H groups in total. The van der Waals surface area contributed by atoms with Crippen LogP contribution in [0.1, 0.15) is 11.1 Å². The number of benzene rings is 1. The Bertz CT molecular complexity index is 511. The second-order valence-electron chi connectivity index (χ2n) is 3.68. The highest BCUT2D eigenvalue weighted by Crippen LogP contribution is 2.25. The van der Waals surface area contributed by atoms with Crippen LogP contribution in [0.2, 0.25) is 0 Å². The molecule has 0 fully saturated rings. The molecule has 0 atom stereocenters. The van der Waals surface area contributed by atoms with Crippen LogP contribution < -0.4 is 4.74 Å². The third-order valence-electron chi connectivity index (χ3n) is 2.24. The molecule has 1 heterocycles. The fourth-order valence-electron chi connectivity index (χ4n) is 1.37. The average Bonchev–Trinajstić information content (AvgIpc) is 2.24. The summed E-state index contributed by atoms with van der Waals surface area (Å²) in [4.78, 5) is 4.15. The lowest BCUT2D eigenvalue weighted by atomic mass is 10.2. The van der Waals surface area contributed by atoms with Gasteiger partial charge < -0.3 is 4.74 Å². The smallest absolute Gasteiger partial charge is 0.219 e. The summed E-state index contributed by atoms with van der Waals surface area (Å²) in [6.45, 7) is 4.04. The molecule has 0 spiro atoms. The fraction of sp³-hybridized carbons (Fsp3) is 0.154. The molecule has 0 amide bonds. The summed E-state index contributed by atoms with van der Waals surface area (Å²) in [5, 5.41) is 0. The first kappa shape index (κ1) is 11.1. The molecule has 0 aliphatic carbocycles. The number of rotatable bonds is 2. The summed E-state index contributed by atoms with van der Waals surface area (Å²) in [6, 6.07) is 9.73. The average molecular weight is 278 g/mol. The van der Waals surface area contributed by atoms with E-state index in [0.717, 1.165) is 21.3 Å². The third kappa shape index (κ3) is 2.61. The van der Waals surface area contributed by atoms with Crippen LogP contribution in [-0.2, 0) is 0 Å². The number of hydrogen-bond acceptors (Lipinski definition) is 2. The molecule has 1 aromatic carbocycles. The zero-order valence-corrected chi connectivity index (χ0v) is 10.8. The molecule has 0 aliphatic heterocycles. The number of pyridine rings is 1. The second kappa shape index (κ2) is 4.66. The molecule has 3 heteroatoms. The monoisotopic (exact) mass is 277 g/mol. The second-order valence-corrected chi connectivity index (χ2v) is 4.54. The quantitative estimate of drug-likeness (QED) is 0.819. The summed E-state index contributed by atoms with van der Waals surface area (Å²) in [6.07, 6.45) is 1.75. The van der Waals surface area contributed by atoms with Gasteiger partial charge in [-0.1, -0.05) is 15.9 Å². The summed E-state index contributed by atoms with van der Waals surface area (Å²) in [5.41, 5.74) is 2.28. The van der Waals surface area contributed by atoms with Gasteiger partial charge in [-0.2, -0.15) is 0 Å². The topological polar surface area (TPSA) is 22.1 Å². The number of halogens is 1. The Morgan fingerprint density at radius 1 is 1.12 bits per heavy atom. The molecule has 0 bridgehead atoms. The van der Waals surface area contributed by atoms with Gasteiger partial charge in [0.2, 0.25) is 5.88 Å². The first-order chi connectivity index (χ1) is 7.65. The van der Waals surface area contributed by atoms with Gasteiger partial charge in [0.15, 0.2) is 0 Å². The van der Waals surface area contributed by atoms with Crippen LogP contribution in [0.25, 0.3) is 0 Å². The van der Waals surface area contributed by atoms with Crippen molar-refractivity contribution in [1.82, 2.24) is 4.98 Å². The predicted octanol–water partition coefficient (Wildman–Crippen LogP) is 4.25. The van der Waals surface area contributed by atoms with E-state index in [1.54, 1.807) is 6.20 Å². The number of hydrogen-bond donors (Lipinski definition) is 0. The minimum atomic E-state index is 0.627. The van der Waals surface area contributed by atoms with Gasteiger partial charge in [-0.05, 0) is 49.2 Å². The molecule has 0 unspecified atom stereocenters. The van der Waals surface area contributed by atoms with Gasteiger partial charge in [-0.15, -0.1) is 0 Å². The molecular formula is C13H12BrNO. The zero-order valence-electron chi connectivity index (χ0n) is 9.20. The normalized spacial score (nSPS) is 10.2. The molecule has 1 aromatic heterocycles. The van der Waals surface area contributed by atoms with Gasteiger partial charge in [0.05, 0.1) is 0 Å². The van der Waals surface area contributed by atoms with E-state index in [4.69, 9.17) is 4.74 Å². The minimum absolute atomic E-state index is 0.627. The number of aryl methyl sites for hydroxylation is 2. The number of ether oxygens (including phenoxy) is 1. The van der Waals surface area contributed by atoms with Crippen molar-refractivity contribution in [3.05, 3.63) is 52.1 Å². The highest BCUT2D eigenvalue weighted by Gasteiger charge is 2.01. The predicted molar refractivity (Wildman–Crippen MR) is 67.9 cm³/mol. The van der Waals surface area contributed by atoms with Crippen molar-refractivity contribution in [3.8, 4) is 11.6 Å². The van der Waals surface area contributed by atoms with Crippen molar-refractivity contribution < 1.29 is 4.74 Å². The van der Waals surface area contributed by atoms with E-state index in [2.05, 4.69) is 20.9 Å². The molecule has 2 rings (SSSR count). The molecule has 16 heavy (non-hydrogen) atoms. The lowest BCUT2D eigenvalue weighted by Crippen LogP contribution is -1.88. The summed E-state index contributed by atoms with van der Waals surface area (Å²) in [5.74, 6) is 1.43. The molecule has 2 nitrogen and oxygen atoms in total. The van der Waals surface area contributed by atoms with Crippen molar-refractivity contribution in [2.45, 2.75) is 13.8 Å². The Hall–Kier alpha value is -1.35. The molecule has 82 valence electrons. The lowest BCUT2D eigenvalue weighted by molar-refractivity contribution is 0.462. The molecule has 0 saturated carbocycles. The van der Waals surface area contributed by atoms with E-state index in [1.165, 1.54) is 0 Å². The van der Waals surface area contributed by atoms with Crippen LogP contribution >= 0.6 is 15.9 Å². The first-order valence-electron chi connectivity index (χ1n) is 5.02. The summed E-state index contributed by atoms with van der Waals surface area (Å²) >= 11 is 3.46. The van der Waals surface area contributed by atoms with Gasteiger partial charge >= 0.3 is 0 Å². The number of nitrogens with zero attached hydrogens (tertiary/aromatic N) is 1. The largest absolute Gasteiger partial charge is 0.439 e. The van der Waals surface area contributed by atoms with Gasteiger partial charge in [0, 0.05) is 16.7 Å². The van der Waals surface area contributed by atoms with E-state index < -0.39 is 0 Å². The maximum atomic E-state index is 5.66. The van der Waals surface area contributed by atoms with Crippen LogP contribution in [0, 0.1) is 13.8 Å². The van der Waals surface area contributed by atoms with Crippen molar-refractivity contribution in [1.29, 1.82) is 0 Å². The summed E-state index contributed by atoms with van der Waals surface area (Å²) < 4.78 is 6.74. The van der Waals surface area contributed by atoms with Crippen molar-refractivity contribution >= 4 is 15.9 Å². The Balaban J connectivity index is 2.24. The zero-order chi connectivity index (χ0) is 11.5. The van der Waals surface area contributed by atoms with Crippen LogP contribution in [0.3, 0.4) is 0 Å². The van der Waals surface area contributed by atoms with Gasteiger partial charge in [0.25, 0.3) is 0 Å². The van der Waals surface area contributed by atoms with E-state index in [9.17, 15) is 0 Å². The van der Waals surface area contributed by atoms with Gasteiger partial charge in [0.1, 0.15) is 5.75 Å². The van der Waals surface area contributed by atoms with E-state index in [0.29, 0.717) is 5.88 Å². The molecule has 0 saturated heterocycles. The SMILES string of the molecule is Cc1ccnc(Oc2ccc(Br)c(C)c2)c1. The van der Waals surface area contributed by atoms with Crippen molar-refractivity contribution in [2.24, 2.45) is 0 Å². The Morgan fingerprint density at radius 3 is 2.62 bits per heavy atom. The van der Waals surface area contributed by atoms with E-state index in [-0.39, 0.29) is 0 Å². The van der Waals surface area contributed by atoms with Crippen LogP contribution in [0.15, 0.2) is 41.0 Å². The van der Waals surface area contributed by atoms with Crippen molar-refractivity contribution in [2.75, 3.05) is 0 Å². The van der Waals surface area contributed by atoms with Gasteiger partial charge in [-0.25, -0.2) is 4.98 Å². The molecule has 0 aliphatic rings. The molecule has 2 aromatic rings. The van der Waals surface area contributed by atoms with Gasteiger partial charge in [-0.3, -0.25) is 0 Å².